The largest absolute Gasteiger partial charge is 0.345 e. The summed E-state index contributed by atoms with van der Waals surface area (Å²) in [5, 5.41) is 1.38. The fourth-order valence-corrected chi connectivity index (χ4v) is 3.25. The number of imidazole rings is 1. The lowest BCUT2D eigenvalue weighted by molar-refractivity contribution is -0.167. The van der Waals surface area contributed by atoms with E-state index in [0.29, 0.717) is 4.99 Å². The third-order valence-electron chi connectivity index (χ3n) is 3.98. The predicted octanol–water partition coefficient (Wildman–Crippen LogP) is 1.53. The molecule has 0 aliphatic heterocycles. The van der Waals surface area contributed by atoms with Crippen molar-refractivity contribution in [3.63, 3.8) is 0 Å². The summed E-state index contributed by atoms with van der Waals surface area (Å²) in [6.45, 7) is 1.79. The van der Waals surface area contributed by atoms with Gasteiger partial charge in [0.25, 0.3) is 0 Å². The topological polar surface area (TPSA) is 73.4 Å². The highest BCUT2D eigenvalue weighted by atomic mass is 32.1. The minimum absolute atomic E-state index is 0.163. The van der Waals surface area contributed by atoms with E-state index in [0.717, 1.165) is 31.4 Å². The fourth-order valence-electron chi connectivity index (χ4n) is 2.90. The molecule has 1 aliphatic rings. The molecule has 0 amide bonds. The van der Waals surface area contributed by atoms with E-state index in [9.17, 15) is 4.79 Å². The molecular weight excluding hydrogens is 288 g/mol. The Hall–Kier alpha value is -1.47. The second kappa shape index (κ2) is 6.53. The van der Waals surface area contributed by atoms with Crippen LogP contribution < -0.4 is 5.73 Å². The van der Waals surface area contributed by atoms with Gasteiger partial charge in [0.1, 0.15) is 4.99 Å². The first kappa shape index (κ1) is 15.9. The monoisotopic (exact) mass is 310 g/mol. The van der Waals surface area contributed by atoms with E-state index in [-0.39, 0.29) is 12.1 Å². The van der Waals surface area contributed by atoms with Crippen molar-refractivity contribution in [2.75, 3.05) is 13.6 Å². The number of hydroxylamine groups is 2. The average Bonchev–Trinajstić information content (AvgIpc) is 2.94. The molecule has 0 radical (unpaired) electrons. The average molecular weight is 310 g/mol. The molecule has 1 heterocycles. The van der Waals surface area contributed by atoms with Crippen LogP contribution in [0.4, 0.5) is 0 Å². The van der Waals surface area contributed by atoms with Crippen LogP contribution in [-0.2, 0) is 15.2 Å². The Morgan fingerprint density at radius 2 is 2.19 bits per heavy atom. The first-order valence-electron chi connectivity index (χ1n) is 7.20. The summed E-state index contributed by atoms with van der Waals surface area (Å²) in [5.41, 5.74) is 5.89. The molecule has 0 aromatic carbocycles. The molecule has 1 aromatic rings. The molecule has 2 rings (SSSR count). The number of hydrogen-bond donors (Lipinski definition) is 1. The molecular formula is C14H22N4O2S. The molecule has 21 heavy (non-hydrogen) atoms. The molecule has 0 saturated heterocycles. The van der Waals surface area contributed by atoms with Crippen molar-refractivity contribution < 1.29 is 9.63 Å². The third kappa shape index (κ3) is 3.24. The number of carbonyl (C=O) groups is 1. The lowest BCUT2D eigenvalue weighted by Crippen LogP contribution is -2.50. The molecule has 7 heteroatoms. The van der Waals surface area contributed by atoms with Crippen molar-refractivity contribution in [2.45, 2.75) is 44.6 Å². The van der Waals surface area contributed by atoms with Crippen LogP contribution in [-0.4, -0.2) is 39.2 Å². The third-order valence-corrected chi connectivity index (χ3v) is 4.61. The molecule has 0 bridgehead atoms. The van der Waals surface area contributed by atoms with E-state index in [2.05, 4.69) is 9.55 Å². The van der Waals surface area contributed by atoms with Gasteiger partial charge in [0.15, 0.2) is 0 Å². The van der Waals surface area contributed by atoms with Crippen LogP contribution >= 0.6 is 12.2 Å². The molecule has 1 aromatic heterocycles. The summed E-state index contributed by atoms with van der Waals surface area (Å²) in [7, 11) is 1.66. The van der Waals surface area contributed by atoms with Crippen molar-refractivity contribution in [1.82, 2.24) is 14.6 Å². The van der Waals surface area contributed by atoms with E-state index in [1.807, 2.05) is 19.4 Å². The van der Waals surface area contributed by atoms with Gasteiger partial charge in [0, 0.05) is 13.2 Å². The highest BCUT2D eigenvalue weighted by Crippen LogP contribution is 2.37. The maximum atomic E-state index is 11.4. The number of aromatic nitrogens is 2. The fraction of sp³-hybridized carbons (Fsp3) is 0.643. The smallest absolute Gasteiger partial charge is 0.339 e. The molecule has 1 saturated carbocycles. The van der Waals surface area contributed by atoms with E-state index in [1.165, 1.54) is 11.5 Å². The van der Waals surface area contributed by atoms with Crippen molar-refractivity contribution in [1.29, 1.82) is 0 Å². The van der Waals surface area contributed by atoms with Gasteiger partial charge in [-0.05, 0) is 19.8 Å². The van der Waals surface area contributed by atoms with Gasteiger partial charge in [0.05, 0.1) is 24.1 Å². The number of hydrogen-bond acceptors (Lipinski definition) is 5. The van der Waals surface area contributed by atoms with Gasteiger partial charge in [-0.15, -0.1) is 0 Å². The molecule has 1 fully saturated rings. The van der Waals surface area contributed by atoms with E-state index >= 15 is 0 Å². The number of likely N-dealkylation sites (N-methyl/N-ethyl adjacent to an activating group) is 1. The lowest BCUT2D eigenvalue weighted by atomic mass is 9.81. The van der Waals surface area contributed by atoms with Gasteiger partial charge in [0.2, 0.25) is 0 Å². The van der Waals surface area contributed by atoms with Crippen LogP contribution in [0.25, 0.3) is 0 Å². The SMILES string of the molecule is Cc1cn(C2(C(=S)N(C)OC(=O)CN)CCCCC2)cn1. The van der Waals surface area contributed by atoms with Gasteiger partial charge >= 0.3 is 5.97 Å². The maximum absolute atomic E-state index is 11.4. The Kier molecular flexibility index (Phi) is 4.95. The zero-order valence-corrected chi connectivity index (χ0v) is 13.4. The highest BCUT2D eigenvalue weighted by Gasteiger charge is 2.40. The maximum Gasteiger partial charge on any atom is 0.345 e. The number of thiocarbonyl (C=S) groups is 1. The van der Waals surface area contributed by atoms with Crippen LogP contribution in [0.5, 0.6) is 0 Å². The summed E-state index contributed by atoms with van der Waals surface area (Å²) in [4.78, 5) is 21.5. The Morgan fingerprint density at radius 3 is 2.71 bits per heavy atom. The molecule has 0 atom stereocenters. The molecule has 1 aliphatic carbocycles. The van der Waals surface area contributed by atoms with Crippen molar-refractivity contribution >= 4 is 23.2 Å². The van der Waals surface area contributed by atoms with E-state index in [1.54, 1.807) is 7.05 Å². The van der Waals surface area contributed by atoms with Gasteiger partial charge in [-0.3, -0.25) is 0 Å². The first-order chi connectivity index (χ1) is 9.99. The summed E-state index contributed by atoms with van der Waals surface area (Å²) in [6, 6.07) is 0. The first-order valence-corrected chi connectivity index (χ1v) is 7.60. The Labute approximate surface area is 130 Å². The minimum atomic E-state index is -0.493. The number of carbonyl (C=O) groups excluding carboxylic acids is 1. The van der Waals surface area contributed by atoms with Crippen LogP contribution in [0.3, 0.4) is 0 Å². The summed E-state index contributed by atoms with van der Waals surface area (Å²) < 4.78 is 2.07. The van der Waals surface area contributed by atoms with Crippen LogP contribution in [0.15, 0.2) is 12.5 Å². The second-order valence-electron chi connectivity index (χ2n) is 5.48. The van der Waals surface area contributed by atoms with Gasteiger partial charge in [-0.25, -0.2) is 14.8 Å². The molecule has 0 unspecified atom stereocenters. The Bertz CT molecular complexity index is 523. The number of nitrogens with zero attached hydrogens (tertiary/aromatic N) is 3. The zero-order chi connectivity index (χ0) is 15.5. The van der Waals surface area contributed by atoms with Crippen molar-refractivity contribution in [2.24, 2.45) is 5.73 Å². The molecule has 2 N–H and O–H groups in total. The Morgan fingerprint density at radius 1 is 1.52 bits per heavy atom. The number of rotatable bonds is 3. The van der Waals surface area contributed by atoms with Gasteiger partial charge < -0.3 is 15.1 Å². The van der Waals surface area contributed by atoms with Crippen LogP contribution in [0.2, 0.25) is 0 Å². The standard InChI is InChI=1S/C14H22N4O2S/c1-11-9-18(10-16-11)14(6-4-3-5-7-14)13(21)17(2)20-12(19)8-15/h9-10H,3-8,15H2,1-2H3. The number of aryl methyl sites for hydroxylation is 1. The second-order valence-corrected chi connectivity index (χ2v) is 5.87. The zero-order valence-electron chi connectivity index (χ0n) is 12.5. The van der Waals surface area contributed by atoms with Crippen molar-refractivity contribution in [3.05, 3.63) is 18.2 Å². The van der Waals surface area contributed by atoms with Crippen LogP contribution in [0, 0.1) is 6.92 Å². The molecule has 0 spiro atoms. The van der Waals surface area contributed by atoms with E-state index < -0.39 is 5.97 Å². The predicted molar refractivity (Wildman–Crippen MR) is 83.5 cm³/mol. The molecule has 116 valence electrons. The summed E-state index contributed by atoms with van der Waals surface area (Å²) >= 11 is 5.63. The quantitative estimate of drug-likeness (QED) is 0.674. The minimum Gasteiger partial charge on any atom is -0.339 e. The van der Waals surface area contributed by atoms with Gasteiger partial charge in [-0.1, -0.05) is 31.5 Å². The van der Waals surface area contributed by atoms with Gasteiger partial charge in [-0.2, -0.15) is 0 Å². The lowest BCUT2D eigenvalue weighted by Gasteiger charge is -2.41. The summed E-state index contributed by atoms with van der Waals surface area (Å²) in [5.74, 6) is -0.493. The molecule has 6 nitrogen and oxygen atoms in total. The summed E-state index contributed by atoms with van der Waals surface area (Å²) in [6.07, 6.45) is 9.04. The number of nitrogens with two attached hydrogens (primary N) is 1. The van der Waals surface area contributed by atoms with E-state index in [4.69, 9.17) is 22.8 Å². The highest BCUT2D eigenvalue weighted by molar-refractivity contribution is 7.80. The van der Waals surface area contributed by atoms with Crippen molar-refractivity contribution in [3.8, 4) is 0 Å². The normalized spacial score (nSPS) is 17.3. The Balaban J connectivity index is 2.27. The van der Waals surface area contributed by atoms with Crippen LogP contribution in [0.1, 0.15) is 37.8 Å².